The largest absolute Gasteiger partial charge is 0.350 e. The van der Waals surface area contributed by atoms with E-state index in [0.29, 0.717) is 17.0 Å². The highest BCUT2D eigenvalue weighted by Gasteiger charge is 2.13. The van der Waals surface area contributed by atoms with Gasteiger partial charge in [-0.05, 0) is 61.7 Å². The van der Waals surface area contributed by atoms with Crippen molar-refractivity contribution in [3.63, 3.8) is 0 Å². The summed E-state index contributed by atoms with van der Waals surface area (Å²) in [7, 11) is 0. The van der Waals surface area contributed by atoms with Crippen molar-refractivity contribution in [2.45, 2.75) is 25.8 Å². The molecule has 2 aromatic heterocycles. The number of hydrogen-bond donors (Lipinski definition) is 1. The first-order chi connectivity index (χ1) is 14.1. The monoisotopic (exact) mass is 388 g/mol. The van der Waals surface area contributed by atoms with Gasteiger partial charge in [-0.3, -0.25) is 9.20 Å². The van der Waals surface area contributed by atoms with Crippen LogP contribution in [0.4, 0.5) is 4.39 Å². The lowest BCUT2D eigenvalue weighted by Crippen LogP contribution is -2.32. The number of aryl methyl sites for hydroxylation is 1. The molecule has 0 aliphatic rings. The van der Waals surface area contributed by atoms with Crippen LogP contribution in [0.3, 0.4) is 0 Å². The van der Waals surface area contributed by atoms with Gasteiger partial charge in [-0.2, -0.15) is 0 Å². The number of nitrogens with zero attached hydrogens (tertiary/aromatic N) is 3. The molecule has 4 rings (SSSR count). The summed E-state index contributed by atoms with van der Waals surface area (Å²) in [5, 5.41) is 11.4. The SMILES string of the molecule is C[C@@H](CCc1ccccc1)NC(=O)c1ccn2c(-c3ccc(F)cc3)nnc2c1. The van der Waals surface area contributed by atoms with Crippen molar-refractivity contribution < 1.29 is 9.18 Å². The molecule has 146 valence electrons. The average Bonchev–Trinajstić information content (AvgIpc) is 3.17. The van der Waals surface area contributed by atoms with Gasteiger partial charge >= 0.3 is 0 Å². The number of fused-ring (bicyclic) bond motifs is 1. The van der Waals surface area contributed by atoms with E-state index < -0.39 is 0 Å². The summed E-state index contributed by atoms with van der Waals surface area (Å²) in [5.74, 6) is 0.158. The predicted molar refractivity (Wildman–Crippen MR) is 110 cm³/mol. The Hall–Kier alpha value is -3.54. The van der Waals surface area contributed by atoms with E-state index >= 15 is 0 Å². The summed E-state index contributed by atoms with van der Waals surface area (Å²) < 4.78 is 14.9. The first-order valence-electron chi connectivity index (χ1n) is 9.55. The average molecular weight is 388 g/mol. The van der Waals surface area contributed by atoms with Crippen LogP contribution in [0.1, 0.15) is 29.3 Å². The molecule has 4 aromatic rings. The van der Waals surface area contributed by atoms with E-state index in [0.717, 1.165) is 18.4 Å². The Morgan fingerprint density at radius 3 is 2.59 bits per heavy atom. The van der Waals surface area contributed by atoms with Crippen molar-refractivity contribution in [1.29, 1.82) is 0 Å². The molecule has 0 fully saturated rings. The van der Waals surface area contributed by atoms with Gasteiger partial charge < -0.3 is 5.32 Å². The molecular weight excluding hydrogens is 367 g/mol. The predicted octanol–water partition coefficient (Wildman–Crippen LogP) is 4.29. The fraction of sp³-hybridized carbons (Fsp3) is 0.174. The van der Waals surface area contributed by atoms with Gasteiger partial charge in [0.2, 0.25) is 0 Å². The van der Waals surface area contributed by atoms with E-state index in [1.165, 1.54) is 17.7 Å². The number of nitrogens with one attached hydrogen (secondary N) is 1. The zero-order chi connectivity index (χ0) is 20.2. The number of pyridine rings is 1. The molecule has 0 saturated carbocycles. The van der Waals surface area contributed by atoms with E-state index in [4.69, 9.17) is 0 Å². The van der Waals surface area contributed by atoms with Gasteiger partial charge in [0.15, 0.2) is 11.5 Å². The van der Waals surface area contributed by atoms with Gasteiger partial charge in [0, 0.05) is 23.4 Å². The Bertz CT molecular complexity index is 1120. The topological polar surface area (TPSA) is 59.3 Å². The van der Waals surface area contributed by atoms with Crippen LogP contribution < -0.4 is 5.32 Å². The van der Waals surface area contributed by atoms with Crippen LogP contribution in [0.15, 0.2) is 72.9 Å². The zero-order valence-electron chi connectivity index (χ0n) is 16.0. The molecule has 29 heavy (non-hydrogen) atoms. The van der Waals surface area contributed by atoms with Crippen molar-refractivity contribution in [2.24, 2.45) is 0 Å². The smallest absolute Gasteiger partial charge is 0.251 e. The minimum absolute atomic E-state index is 0.0478. The lowest BCUT2D eigenvalue weighted by molar-refractivity contribution is 0.0938. The van der Waals surface area contributed by atoms with Crippen molar-refractivity contribution in [1.82, 2.24) is 19.9 Å². The minimum atomic E-state index is -0.303. The maximum atomic E-state index is 13.2. The Labute approximate surface area is 168 Å². The second kappa shape index (κ2) is 8.22. The second-order valence-corrected chi connectivity index (χ2v) is 7.07. The van der Waals surface area contributed by atoms with Crippen LogP contribution in [-0.2, 0) is 6.42 Å². The number of hydrogen-bond acceptors (Lipinski definition) is 3. The molecule has 1 N–H and O–H groups in total. The van der Waals surface area contributed by atoms with Crippen molar-refractivity contribution in [3.05, 3.63) is 89.9 Å². The molecule has 0 aliphatic carbocycles. The number of rotatable bonds is 6. The third-order valence-electron chi connectivity index (χ3n) is 4.86. The van der Waals surface area contributed by atoms with Crippen LogP contribution in [-0.4, -0.2) is 26.5 Å². The zero-order valence-corrected chi connectivity index (χ0v) is 16.0. The van der Waals surface area contributed by atoms with Crippen LogP contribution in [0.2, 0.25) is 0 Å². The van der Waals surface area contributed by atoms with Gasteiger partial charge in [0.05, 0.1) is 0 Å². The number of carbonyl (C=O) groups is 1. The Balaban J connectivity index is 1.45. The fourth-order valence-electron chi connectivity index (χ4n) is 3.24. The van der Waals surface area contributed by atoms with E-state index in [2.05, 4.69) is 27.6 Å². The molecule has 6 heteroatoms. The van der Waals surface area contributed by atoms with Gasteiger partial charge in [-0.1, -0.05) is 30.3 Å². The second-order valence-electron chi connectivity index (χ2n) is 7.07. The summed E-state index contributed by atoms with van der Waals surface area (Å²) in [4.78, 5) is 12.6. The third kappa shape index (κ3) is 4.32. The van der Waals surface area contributed by atoms with Gasteiger partial charge in [0.1, 0.15) is 5.82 Å². The van der Waals surface area contributed by atoms with Crippen molar-refractivity contribution in [3.8, 4) is 11.4 Å². The van der Waals surface area contributed by atoms with Gasteiger partial charge in [-0.15, -0.1) is 10.2 Å². The molecular formula is C23H21FN4O. The highest BCUT2D eigenvalue weighted by molar-refractivity contribution is 5.95. The highest BCUT2D eigenvalue weighted by Crippen LogP contribution is 2.19. The molecule has 0 spiro atoms. The molecule has 1 amide bonds. The maximum Gasteiger partial charge on any atom is 0.251 e. The van der Waals surface area contributed by atoms with Crippen molar-refractivity contribution >= 4 is 11.6 Å². The van der Waals surface area contributed by atoms with E-state index in [-0.39, 0.29) is 17.8 Å². The highest BCUT2D eigenvalue weighted by atomic mass is 19.1. The van der Waals surface area contributed by atoms with Crippen LogP contribution in [0.5, 0.6) is 0 Å². The summed E-state index contributed by atoms with van der Waals surface area (Å²) in [6, 6.07) is 19.8. The van der Waals surface area contributed by atoms with E-state index in [9.17, 15) is 9.18 Å². The summed E-state index contributed by atoms with van der Waals surface area (Å²) in [5.41, 5.74) is 3.11. The fourth-order valence-corrected chi connectivity index (χ4v) is 3.24. The maximum absolute atomic E-state index is 13.2. The number of amides is 1. The summed E-state index contributed by atoms with van der Waals surface area (Å²) in [6.07, 6.45) is 3.53. The standard InChI is InChI=1S/C23H21FN4O/c1-16(7-8-17-5-3-2-4-6-17)25-23(29)19-13-14-28-21(15-19)26-27-22(28)18-9-11-20(24)12-10-18/h2-6,9-16H,7-8H2,1H3,(H,25,29)/t16-/m0/s1. The molecule has 0 bridgehead atoms. The van der Waals surface area contributed by atoms with Crippen LogP contribution >= 0.6 is 0 Å². The normalized spacial score (nSPS) is 12.1. The Kier molecular flexibility index (Phi) is 5.33. The summed E-state index contributed by atoms with van der Waals surface area (Å²) >= 11 is 0. The lowest BCUT2D eigenvalue weighted by Gasteiger charge is -2.14. The third-order valence-corrected chi connectivity index (χ3v) is 4.86. The van der Waals surface area contributed by atoms with E-state index in [1.54, 1.807) is 34.9 Å². The van der Waals surface area contributed by atoms with Crippen molar-refractivity contribution in [2.75, 3.05) is 0 Å². The Morgan fingerprint density at radius 2 is 1.83 bits per heavy atom. The first kappa shape index (κ1) is 18.8. The molecule has 5 nitrogen and oxygen atoms in total. The quantitative estimate of drug-likeness (QED) is 0.536. The number of halogens is 1. The summed E-state index contributed by atoms with van der Waals surface area (Å²) in [6.45, 7) is 2.00. The Morgan fingerprint density at radius 1 is 1.07 bits per heavy atom. The number of carbonyl (C=O) groups excluding carboxylic acids is 1. The van der Waals surface area contributed by atoms with Gasteiger partial charge in [-0.25, -0.2) is 4.39 Å². The molecule has 0 aliphatic heterocycles. The van der Waals surface area contributed by atoms with Crippen LogP contribution in [0.25, 0.3) is 17.0 Å². The lowest BCUT2D eigenvalue weighted by atomic mass is 10.1. The van der Waals surface area contributed by atoms with Gasteiger partial charge in [0.25, 0.3) is 5.91 Å². The first-order valence-corrected chi connectivity index (χ1v) is 9.55. The molecule has 0 unspecified atom stereocenters. The minimum Gasteiger partial charge on any atom is -0.350 e. The van der Waals surface area contributed by atoms with Crippen LogP contribution in [0, 0.1) is 5.82 Å². The molecule has 0 radical (unpaired) electrons. The number of benzene rings is 2. The molecule has 1 atom stereocenters. The number of aromatic nitrogens is 3. The molecule has 2 aromatic carbocycles. The molecule has 2 heterocycles. The van der Waals surface area contributed by atoms with E-state index in [1.807, 2.05) is 25.1 Å². The molecule has 0 saturated heterocycles.